The van der Waals surface area contributed by atoms with Gasteiger partial charge in [-0.05, 0) is 43.3 Å². The van der Waals surface area contributed by atoms with Gasteiger partial charge in [0, 0.05) is 22.3 Å². The van der Waals surface area contributed by atoms with E-state index in [9.17, 15) is 0 Å². The van der Waals surface area contributed by atoms with Gasteiger partial charge in [-0.1, -0.05) is 34.1 Å². The summed E-state index contributed by atoms with van der Waals surface area (Å²) < 4.78 is 3.03. The lowest BCUT2D eigenvalue weighted by atomic mass is 10.0. The van der Waals surface area contributed by atoms with E-state index >= 15 is 0 Å². The van der Waals surface area contributed by atoms with Gasteiger partial charge in [-0.2, -0.15) is 5.10 Å². The van der Waals surface area contributed by atoms with Crippen LogP contribution in [0.3, 0.4) is 0 Å². The number of nitrogens with zero attached hydrogens (tertiary/aromatic N) is 2. The zero-order valence-electron chi connectivity index (χ0n) is 11.3. The van der Waals surface area contributed by atoms with Gasteiger partial charge in [0.2, 0.25) is 0 Å². The van der Waals surface area contributed by atoms with Crippen LogP contribution < -0.4 is 5.32 Å². The van der Waals surface area contributed by atoms with Crippen molar-refractivity contribution < 1.29 is 0 Å². The van der Waals surface area contributed by atoms with Gasteiger partial charge in [0.05, 0.1) is 11.7 Å². The summed E-state index contributed by atoms with van der Waals surface area (Å²) in [6.07, 6.45) is 4.87. The summed E-state index contributed by atoms with van der Waals surface area (Å²) in [4.78, 5) is 0. The molecule has 1 atom stereocenters. The number of likely N-dealkylation sites (N-methyl/N-ethyl adjacent to an activating group) is 1. The first kappa shape index (κ1) is 13.3. The van der Waals surface area contributed by atoms with Gasteiger partial charge < -0.3 is 5.32 Å². The van der Waals surface area contributed by atoms with E-state index in [4.69, 9.17) is 0 Å². The van der Waals surface area contributed by atoms with Gasteiger partial charge in [-0.25, -0.2) is 4.52 Å². The van der Waals surface area contributed by atoms with Crippen molar-refractivity contribution in [2.75, 3.05) is 7.05 Å². The SMILES string of the molecule is CNC(Cc1cccc(Br)c1)c1cnn2ccccc12. The molecule has 0 aliphatic carbocycles. The van der Waals surface area contributed by atoms with Crippen LogP contribution in [0.4, 0.5) is 0 Å². The minimum atomic E-state index is 0.254. The van der Waals surface area contributed by atoms with E-state index in [1.165, 1.54) is 11.1 Å². The summed E-state index contributed by atoms with van der Waals surface area (Å²) in [7, 11) is 2.00. The largest absolute Gasteiger partial charge is 0.313 e. The summed E-state index contributed by atoms with van der Waals surface area (Å²) in [6, 6.07) is 14.8. The molecule has 1 N–H and O–H groups in total. The Morgan fingerprint density at radius 2 is 2.15 bits per heavy atom. The number of aromatic nitrogens is 2. The normalized spacial score (nSPS) is 12.7. The monoisotopic (exact) mass is 329 g/mol. The van der Waals surface area contributed by atoms with Crippen LogP contribution in [0.2, 0.25) is 0 Å². The summed E-state index contributed by atoms with van der Waals surface area (Å²) in [5, 5.41) is 7.81. The Hall–Kier alpha value is -1.65. The van der Waals surface area contributed by atoms with Crippen LogP contribution in [-0.4, -0.2) is 16.7 Å². The second-order valence-electron chi connectivity index (χ2n) is 4.81. The highest BCUT2D eigenvalue weighted by molar-refractivity contribution is 9.10. The smallest absolute Gasteiger partial charge is 0.0709 e. The molecule has 0 amide bonds. The number of hydrogen-bond donors (Lipinski definition) is 1. The summed E-state index contributed by atoms with van der Waals surface area (Å²) in [6.45, 7) is 0. The second kappa shape index (κ2) is 5.77. The minimum Gasteiger partial charge on any atom is -0.313 e. The Kier molecular flexibility index (Phi) is 3.85. The van der Waals surface area contributed by atoms with Crippen molar-refractivity contribution >= 4 is 21.4 Å². The molecule has 0 radical (unpaired) electrons. The molecular weight excluding hydrogens is 314 g/mol. The lowest BCUT2D eigenvalue weighted by molar-refractivity contribution is 0.596. The third-order valence-corrected chi connectivity index (χ3v) is 4.00. The molecule has 4 heteroatoms. The fourth-order valence-electron chi connectivity index (χ4n) is 2.49. The first-order valence-electron chi connectivity index (χ1n) is 6.62. The van der Waals surface area contributed by atoms with Crippen LogP contribution in [0.15, 0.2) is 59.3 Å². The fraction of sp³-hybridized carbons (Fsp3) is 0.188. The van der Waals surface area contributed by atoms with Crippen molar-refractivity contribution in [3.63, 3.8) is 0 Å². The van der Waals surface area contributed by atoms with E-state index in [0.29, 0.717) is 0 Å². The quantitative estimate of drug-likeness (QED) is 0.792. The van der Waals surface area contributed by atoms with Crippen molar-refractivity contribution in [1.29, 1.82) is 0 Å². The van der Waals surface area contributed by atoms with E-state index in [1.54, 1.807) is 0 Å². The van der Waals surface area contributed by atoms with Crippen LogP contribution in [0.25, 0.3) is 5.52 Å². The number of fused-ring (bicyclic) bond motifs is 1. The summed E-state index contributed by atoms with van der Waals surface area (Å²) in [5.41, 5.74) is 3.68. The van der Waals surface area contributed by atoms with E-state index in [-0.39, 0.29) is 6.04 Å². The standard InChI is InChI=1S/C16H16BrN3/c1-18-15(10-12-5-4-6-13(17)9-12)14-11-19-20-8-3-2-7-16(14)20/h2-9,11,15,18H,10H2,1H3. The highest BCUT2D eigenvalue weighted by Crippen LogP contribution is 2.23. The van der Waals surface area contributed by atoms with E-state index < -0.39 is 0 Å². The molecule has 3 nitrogen and oxygen atoms in total. The van der Waals surface area contributed by atoms with Crippen molar-refractivity contribution in [2.24, 2.45) is 0 Å². The molecule has 0 aliphatic rings. The molecule has 102 valence electrons. The maximum absolute atomic E-state index is 4.41. The maximum Gasteiger partial charge on any atom is 0.0709 e. The van der Waals surface area contributed by atoms with Crippen LogP contribution in [-0.2, 0) is 6.42 Å². The van der Waals surface area contributed by atoms with Crippen molar-refractivity contribution in [1.82, 2.24) is 14.9 Å². The van der Waals surface area contributed by atoms with Crippen molar-refractivity contribution in [2.45, 2.75) is 12.5 Å². The number of pyridine rings is 1. The van der Waals surface area contributed by atoms with Gasteiger partial charge in [0.25, 0.3) is 0 Å². The molecule has 1 unspecified atom stereocenters. The maximum atomic E-state index is 4.41. The first-order valence-corrected chi connectivity index (χ1v) is 7.41. The molecular formula is C16H16BrN3. The lowest BCUT2D eigenvalue weighted by Gasteiger charge is -2.15. The number of nitrogens with one attached hydrogen (secondary N) is 1. The summed E-state index contributed by atoms with van der Waals surface area (Å²) >= 11 is 3.53. The van der Waals surface area contributed by atoms with Gasteiger partial charge in [0.1, 0.15) is 0 Å². The minimum absolute atomic E-state index is 0.254. The van der Waals surface area contributed by atoms with Gasteiger partial charge in [0.15, 0.2) is 0 Å². The average Bonchev–Trinajstić information content (AvgIpc) is 2.89. The topological polar surface area (TPSA) is 29.3 Å². The Balaban J connectivity index is 1.93. The third-order valence-electron chi connectivity index (χ3n) is 3.51. The number of rotatable bonds is 4. The van der Waals surface area contributed by atoms with Gasteiger partial charge in [-0.15, -0.1) is 0 Å². The Bertz CT molecular complexity index is 720. The third kappa shape index (κ3) is 2.62. The summed E-state index contributed by atoms with van der Waals surface area (Å²) in [5.74, 6) is 0. The van der Waals surface area contributed by atoms with E-state index in [1.807, 2.05) is 42.2 Å². The van der Waals surface area contributed by atoms with Gasteiger partial charge in [-0.3, -0.25) is 0 Å². The molecule has 3 aromatic rings. The molecule has 0 spiro atoms. The predicted octanol–water partition coefficient (Wildman–Crippen LogP) is 3.60. The van der Waals surface area contributed by atoms with E-state index in [0.717, 1.165) is 16.4 Å². The van der Waals surface area contributed by atoms with Gasteiger partial charge >= 0.3 is 0 Å². The number of benzene rings is 1. The molecule has 0 bridgehead atoms. The Morgan fingerprint density at radius 3 is 2.95 bits per heavy atom. The van der Waals surface area contributed by atoms with E-state index in [2.05, 4.69) is 50.6 Å². The van der Waals surface area contributed by atoms with Crippen molar-refractivity contribution in [3.05, 3.63) is 70.5 Å². The Labute approximate surface area is 126 Å². The fourth-order valence-corrected chi connectivity index (χ4v) is 2.94. The molecule has 0 saturated heterocycles. The van der Waals surface area contributed by atoms with Crippen LogP contribution >= 0.6 is 15.9 Å². The molecule has 2 heterocycles. The molecule has 0 aliphatic heterocycles. The molecule has 3 rings (SSSR count). The number of hydrogen-bond acceptors (Lipinski definition) is 2. The number of halogens is 1. The molecule has 20 heavy (non-hydrogen) atoms. The molecule has 0 fully saturated rings. The first-order chi connectivity index (χ1) is 9.78. The lowest BCUT2D eigenvalue weighted by Crippen LogP contribution is -2.18. The van der Waals surface area contributed by atoms with Crippen LogP contribution in [0, 0.1) is 0 Å². The van der Waals surface area contributed by atoms with Crippen LogP contribution in [0.5, 0.6) is 0 Å². The molecule has 1 aromatic carbocycles. The highest BCUT2D eigenvalue weighted by atomic mass is 79.9. The predicted molar refractivity (Wildman–Crippen MR) is 84.8 cm³/mol. The molecule has 2 aromatic heterocycles. The zero-order chi connectivity index (χ0) is 13.9. The zero-order valence-corrected chi connectivity index (χ0v) is 12.8. The van der Waals surface area contributed by atoms with Crippen molar-refractivity contribution in [3.8, 4) is 0 Å². The average molecular weight is 330 g/mol. The second-order valence-corrected chi connectivity index (χ2v) is 5.72. The molecule has 0 saturated carbocycles. The van der Waals surface area contributed by atoms with Crippen LogP contribution in [0.1, 0.15) is 17.2 Å². The Morgan fingerprint density at radius 1 is 1.25 bits per heavy atom. The highest BCUT2D eigenvalue weighted by Gasteiger charge is 2.15.